The van der Waals surface area contributed by atoms with Gasteiger partial charge in [0, 0.05) is 11.8 Å². The van der Waals surface area contributed by atoms with Crippen molar-refractivity contribution in [1.29, 1.82) is 0 Å². The molecule has 5 nitrogen and oxygen atoms in total. The van der Waals surface area contributed by atoms with Crippen molar-refractivity contribution in [1.82, 2.24) is 4.98 Å². The van der Waals surface area contributed by atoms with Crippen LogP contribution in [0.25, 0.3) is 0 Å². The van der Waals surface area contributed by atoms with Crippen molar-refractivity contribution < 1.29 is 14.6 Å². The molecule has 0 bridgehead atoms. The molecule has 0 spiro atoms. The smallest absolute Gasteiger partial charge is 0.280 e. The predicted molar refractivity (Wildman–Crippen MR) is 99.3 cm³/mol. The van der Waals surface area contributed by atoms with E-state index in [9.17, 15) is 4.79 Å². The van der Waals surface area contributed by atoms with Gasteiger partial charge in [-0.1, -0.05) is 53.5 Å². The normalized spacial score (nSPS) is 20.2. The Bertz CT molecular complexity index is 718. The fourth-order valence-electron chi connectivity index (χ4n) is 3.11. The Morgan fingerprint density at radius 3 is 2.44 bits per heavy atom. The molecule has 7 heteroatoms. The van der Waals surface area contributed by atoms with Crippen LogP contribution in [-0.4, -0.2) is 43.6 Å². The molecule has 1 aromatic carbocycles. The van der Waals surface area contributed by atoms with Crippen LogP contribution in [-0.2, 0) is 11.3 Å². The van der Waals surface area contributed by atoms with E-state index in [1.807, 2.05) is 6.07 Å². The van der Waals surface area contributed by atoms with Gasteiger partial charge in [0.25, 0.3) is 5.91 Å². The monoisotopic (exact) mass is 380 g/mol. The largest absolute Gasteiger partial charge is 0.322 e. The van der Waals surface area contributed by atoms with Gasteiger partial charge in [-0.3, -0.25) is 4.79 Å². The van der Waals surface area contributed by atoms with Crippen molar-refractivity contribution >= 4 is 34.9 Å². The summed E-state index contributed by atoms with van der Waals surface area (Å²) in [5.74, 6) is 0.294. The van der Waals surface area contributed by atoms with Crippen LogP contribution in [0.2, 0.25) is 10.0 Å². The fraction of sp³-hybridized carbons (Fsp3) is 0.333. The maximum Gasteiger partial charge on any atom is 0.280 e. The molecule has 1 saturated heterocycles. The van der Waals surface area contributed by atoms with Gasteiger partial charge < -0.3 is 15.1 Å². The van der Waals surface area contributed by atoms with Crippen LogP contribution in [0.3, 0.4) is 0 Å². The topological polar surface area (TPSA) is 50.9 Å². The minimum absolute atomic E-state index is 0.0711. The summed E-state index contributed by atoms with van der Waals surface area (Å²) in [5.41, 5.74) is 1.36. The predicted octanol–water partition coefficient (Wildman–Crippen LogP) is 0.311. The molecule has 2 aromatic rings. The van der Waals surface area contributed by atoms with Gasteiger partial charge in [-0.05, 0) is 6.07 Å². The molecular weight excluding hydrogens is 359 g/mol. The SMILES string of the molecule is O=C(C[NH+]1CC[NH+](Cc2ccccc2)CC1)Nc1ncc(Cl)cc1Cl. The number of amides is 1. The molecule has 1 aliphatic heterocycles. The molecule has 0 unspecified atom stereocenters. The summed E-state index contributed by atoms with van der Waals surface area (Å²) in [6, 6.07) is 12.1. The van der Waals surface area contributed by atoms with Crippen molar-refractivity contribution in [3.05, 3.63) is 58.2 Å². The van der Waals surface area contributed by atoms with Gasteiger partial charge in [0.2, 0.25) is 0 Å². The molecule has 3 rings (SSSR count). The Morgan fingerprint density at radius 2 is 1.76 bits per heavy atom. The van der Waals surface area contributed by atoms with Gasteiger partial charge in [-0.15, -0.1) is 0 Å². The van der Waals surface area contributed by atoms with Crippen molar-refractivity contribution in [3.63, 3.8) is 0 Å². The lowest BCUT2D eigenvalue weighted by atomic mass is 10.2. The standard InChI is InChI=1S/C18H20Cl2N4O/c19-15-10-16(20)18(21-11-15)22-17(25)13-24-8-6-23(7-9-24)12-14-4-2-1-3-5-14/h1-5,10-11H,6-9,12-13H2,(H,21,22,25)/p+2. The number of hydrogen-bond donors (Lipinski definition) is 3. The van der Waals surface area contributed by atoms with E-state index in [1.165, 1.54) is 16.7 Å². The quantitative estimate of drug-likeness (QED) is 0.699. The van der Waals surface area contributed by atoms with Gasteiger partial charge >= 0.3 is 0 Å². The van der Waals surface area contributed by atoms with Crippen LogP contribution >= 0.6 is 23.2 Å². The number of halogens is 2. The molecule has 3 N–H and O–H groups in total. The van der Waals surface area contributed by atoms with E-state index >= 15 is 0 Å². The Hall–Kier alpha value is -1.66. The number of pyridine rings is 1. The second kappa shape index (κ2) is 8.63. The molecule has 1 aromatic heterocycles. The second-order valence-electron chi connectivity index (χ2n) is 6.37. The summed E-state index contributed by atoms with van der Waals surface area (Å²) in [6.45, 7) is 5.58. The van der Waals surface area contributed by atoms with Crippen LogP contribution < -0.4 is 15.1 Å². The average molecular weight is 381 g/mol. The highest BCUT2D eigenvalue weighted by atomic mass is 35.5. The lowest BCUT2D eigenvalue weighted by Crippen LogP contribution is -3.28. The maximum absolute atomic E-state index is 12.2. The van der Waals surface area contributed by atoms with Crippen molar-refractivity contribution in [2.24, 2.45) is 0 Å². The molecule has 2 heterocycles. The summed E-state index contributed by atoms with van der Waals surface area (Å²) in [7, 11) is 0. The Labute approximate surface area is 157 Å². The third-order valence-corrected chi connectivity index (χ3v) is 4.93. The molecule has 1 amide bonds. The Kier molecular flexibility index (Phi) is 6.26. The number of carbonyl (C=O) groups is 1. The fourth-order valence-corrected chi connectivity index (χ4v) is 3.53. The first-order valence-corrected chi connectivity index (χ1v) is 9.17. The highest BCUT2D eigenvalue weighted by molar-refractivity contribution is 6.36. The van der Waals surface area contributed by atoms with E-state index in [-0.39, 0.29) is 5.91 Å². The third kappa shape index (κ3) is 5.41. The van der Waals surface area contributed by atoms with Crippen LogP contribution in [0.15, 0.2) is 42.6 Å². The van der Waals surface area contributed by atoms with Gasteiger partial charge in [0.1, 0.15) is 32.7 Å². The first-order valence-electron chi connectivity index (χ1n) is 8.42. The van der Waals surface area contributed by atoms with Crippen LogP contribution in [0.4, 0.5) is 5.82 Å². The van der Waals surface area contributed by atoms with Gasteiger partial charge in [-0.25, -0.2) is 4.98 Å². The number of aromatic nitrogens is 1. The molecule has 1 aliphatic rings. The Morgan fingerprint density at radius 1 is 1.08 bits per heavy atom. The zero-order chi connectivity index (χ0) is 17.6. The van der Waals surface area contributed by atoms with E-state index in [4.69, 9.17) is 23.2 Å². The number of nitrogens with one attached hydrogen (secondary N) is 3. The van der Waals surface area contributed by atoms with Gasteiger partial charge in [-0.2, -0.15) is 0 Å². The molecule has 0 aliphatic carbocycles. The van der Waals surface area contributed by atoms with E-state index in [0.29, 0.717) is 22.4 Å². The van der Waals surface area contributed by atoms with Crippen LogP contribution in [0.1, 0.15) is 5.56 Å². The number of nitrogens with zero attached hydrogens (tertiary/aromatic N) is 1. The first kappa shape index (κ1) is 18.1. The van der Waals surface area contributed by atoms with Gasteiger partial charge in [0.05, 0.1) is 10.0 Å². The highest BCUT2D eigenvalue weighted by Crippen LogP contribution is 2.22. The second-order valence-corrected chi connectivity index (χ2v) is 7.21. The number of hydrogen-bond acceptors (Lipinski definition) is 2. The minimum atomic E-state index is -0.0711. The van der Waals surface area contributed by atoms with E-state index < -0.39 is 0 Å². The average Bonchev–Trinajstić information content (AvgIpc) is 2.60. The summed E-state index contributed by atoms with van der Waals surface area (Å²) in [6.07, 6.45) is 1.47. The van der Waals surface area contributed by atoms with E-state index in [0.717, 1.165) is 32.7 Å². The molecule has 0 radical (unpaired) electrons. The summed E-state index contributed by atoms with van der Waals surface area (Å²) in [5, 5.41) is 3.57. The lowest BCUT2D eigenvalue weighted by Gasteiger charge is -2.29. The number of carbonyl (C=O) groups excluding carboxylic acids is 1. The molecule has 0 atom stereocenters. The summed E-state index contributed by atoms with van der Waals surface area (Å²) in [4.78, 5) is 19.1. The molecule has 25 heavy (non-hydrogen) atoms. The van der Waals surface area contributed by atoms with Crippen molar-refractivity contribution in [2.45, 2.75) is 6.54 Å². The van der Waals surface area contributed by atoms with Crippen molar-refractivity contribution in [3.8, 4) is 0 Å². The molecule has 132 valence electrons. The zero-order valence-corrected chi connectivity index (χ0v) is 15.4. The minimum Gasteiger partial charge on any atom is -0.322 e. The van der Waals surface area contributed by atoms with E-state index in [1.54, 1.807) is 11.0 Å². The van der Waals surface area contributed by atoms with Crippen LogP contribution in [0, 0.1) is 0 Å². The van der Waals surface area contributed by atoms with E-state index in [2.05, 4.69) is 34.6 Å². The number of anilines is 1. The molecule has 1 fully saturated rings. The summed E-state index contributed by atoms with van der Waals surface area (Å²) >= 11 is 11.9. The lowest BCUT2D eigenvalue weighted by molar-refractivity contribution is -1.02. The first-order chi connectivity index (χ1) is 12.1. The Balaban J connectivity index is 1.44. The van der Waals surface area contributed by atoms with Gasteiger partial charge in [0.15, 0.2) is 12.4 Å². The zero-order valence-electron chi connectivity index (χ0n) is 13.9. The highest BCUT2D eigenvalue weighted by Gasteiger charge is 2.25. The van der Waals surface area contributed by atoms with Crippen molar-refractivity contribution in [2.75, 3.05) is 38.0 Å². The molecule has 0 saturated carbocycles. The summed E-state index contributed by atoms with van der Waals surface area (Å²) < 4.78 is 0. The number of piperazine rings is 1. The third-order valence-electron chi connectivity index (χ3n) is 4.44. The molecular formula is C18H22Cl2N4O+2. The maximum atomic E-state index is 12.2. The number of rotatable bonds is 5. The van der Waals surface area contributed by atoms with Crippen LogP contribution in [0.5, 0.6) is 0 Å². The number of benzene rings is 1. The number of quaternary nitrogens is 2.